The molecule has 2 aromatic rings. The number of phenols is 1. The van der Waals surface area contributed by atoms with Crippen molar-refractivity contribution in [2.45, 2.75) is 22.5 Å². The smallest absolute Gasteiger partial charge is 0.352 e. The molecule has 13 nitrogen and oxygen atoms in total. The first-order chi connectivity index (χ1) is 16.6. The normalized spacial score (nSPS) is 20.2. The highest BCUT2D eigenvalue weighted by molar-refractivity contribution is 8.01. The van der Waals surface area contributed by atoms with E-state index in [1.54, 1.807) is 0 Å². The van der Waals surface area contributed by atoms with Crippen molar-refractivity contribution in [3.63, 3.8) is 0 Å². The van der Waals surface area contributed by atoms with Crippen LogP contribution in [0, 0.1) is 0 Å². The Labute approximate surface area is 210 Å². The Morgan fingerprint density at radius 1 is 1.40 bits per heavy atom. The molecule has 0 aliphatic carbocycles. The molecule has 2 unspecified atom stereocenters. The van der Waals surface area contributed by atoms with Gasteiger partial charge < -0.3 is 27.0 Å². The standard InChI is InChI=1S/C19H18ClN7O6S2/c20-9-3-7(28)1-2-8(9)10(21)15(30)23-12-17(31)27-13(19(32)33)6(5-35-18(12)27)4-34-16-11(14(22)29)24-26-25-16/h1-3,10,12,18,28H,4-5,21H2,(H2,22,29)(H,23,30)(H,32,33)(H,24,25,26)/t10?,12?,18-/m0/s1. The van der Waals surface area contributed by atoms with Crippen LogP contribution in [-0.2, 0) is 14.4 Å². The molecule has 2 aliphatic rings. The molecule has 1 aromatic carbocycles. The van der Waals surface area contributed by atoms with Crippen molar-refractivity contribution in [3.8, 4) is 5.75 Å². The number of amides is 3. The summed E-state index contributed by atoms with van der Waals surface area (Å²) in [5.41, 5.74) is 11.7. The maximum atomic E-state index is 12.8. The summed E-state index contributed by atoms with van der Waals surface area (Å²) in [4.78, 5) is 50.1. The fraction of sp³-hybridized carbons (Fsp3) is 0.263. The monoisotopic (exact) mass is 539 g/mol. The predicted molar refractivity (Wildman–Crippen MR) is 125 cm³/mol. The van der Waals surface area contributed by atoms with Crippen LogP contribution in [0.1, 0.15) is 22.1 Å². The maximum Gasteiger partial charge on any atom is 0.352 e. The second kappa shape index (κ2) is 9.77. The summed E-state index contributed by atoms with van der Waals surface area (Å²) in [7, 11) is 0. The number of aromatic amines is 1. The number of aromatic hydroxyl groups is 1. The van der Waals surface area contributed by atoms with Crippen molar-refractivity contribution < 1.29 is 29.4 Å². The molecule has 2 aliphatic heterocycles. The number of carbonyl (C=O) groups is 4. The lowest BCUT2D eigenvalue weighted by molar-refractivity contribution is -0.150. The lowest BCUT2D eigenvalue weighted by Crippen LogP contribution is -2.71. The van der Waals surface area contributed by atoms with Gasteiger partial charge in [-0.25, -0.2) is 4.79 Å². The summed E-state index contributed by atoms with van der Waals surface area (Å²) in [5, 5.41) is 31.2. The van der Waals surface area contributed by atoms with E-state index in [0.717, 1.165) is 16.7 Å². The number of carbonyl (C=O) groups excluding carboxylic acids is 3. The van der Waals surface area contributed by atoms with Crippen LogP contribution in [0.15, 0.2) is 34.5 Å². The fourth-order valence-corrected chi connectivity index (χ4v) is 6.30. The topological polar surface area (TPSA) is 218 Å². The van der Waals surface area contributed by atoms with E-state index in [1.807, 2.05) is 0 Å². The summed E-state index contributed by atoms with van der Waals surface area (Å²) in [5.74, 6) is -3.05. The largest absolute Gasteiger partial charge is 0.508 e. The molecule has 0 spiro atoms. The summed E-state index contributed by atoms with van der Waals surface area (Å²) in [6, 6.07) is 1.79. The summed E-state index contributed by atoms with van der Waals surface area (Å²) >= 11 is 8.41. The number of phenolic OH excluding ortho intramolecular Hbond substituents is 1. The quantitative estimate of drug-likeness (QED) is 0.190. The predicted octanol–water partition coefficient (Wildman–Crippen LogP) is -0.207. The van der Waals surface area contributed by atoms with Crippen LogP contribution in [0.3, 0.4) is 0 Å². The van der Waals surface area contributed by atoms with Gasteiger partial charge in [-0.2, -0.15) is 0 Å². The van der Waals surface area contributed by atoms with E-state index in [2.05, 4.69) is 20.7 Å². The van der Waals surface area contributed by atoms with E-state index in [1.165, 1.54) is 30.0 Å². The number of carboxylic acids is 1. The third-order valence-electron chi connectivity index (χ3n) is 5.29. The highest BCUT2D eigenvalue weighted by Crippen LogP contribution is 2.42. The van der Waals surface area contributed by atoms with Crippen LogP contribution in [0.4, 0.5) is 0 Å². The van der Waals surface area contributed by atoms with Gasteiger partial charge in [0, 0.05) is 16.5 Å². The lowest BCUT2D eigenvalue weighted by Gasteiger charge is -2.49. The zero-order valence-corrected chi connectivity index (χ0v) is 20.0. The number of aromatic nitrogens is 3. The van der Waals surface area contributed by atoms with Gasteiger partial charge >= 0.3 is 5.97 Å². The number of rotatable bonds is 8. The zero-order valence-electron chi connectivity index (χ0n) is 17.6. The average Bonchev–Trinajstić information content (AvgIpc) is 3.28. The number of halogens is 1. The van der Waals surface area contributed by atoms with E-state index in [4.69, 9.17) is 23.1 Å². The first kappa shape index (κ1) is 24.8. The number of hydrogen-bond donors (Lipinski definition) is 6. The Morgan fingerprint density at radius 2 is 2.14 bits per heavy atom. The van der Waals surface area contributed by atoms with Gasteiger partial charge in [-0.05, 0) is 23.3 Å². The van der Waals surface area contributed by atoms with Crippen molar-refractivity contribution in [1.82, 2.24) is 25.6 Å². The number of thioether (sulfide) groups is 2. The fourth-order valence-electron chi connectivity index (χ4n) is 3.59. The van der Waals surface area contributed by atoms with Crippen LogP contribution in [0.5, 0.6) is 5.75 Å². The van der Waals surface area contributed by atoms with E-state index in [9.17, 15) is 29.4 Å². The van der Waals surface area contributed by atoms with Gasteiger partial charge in [-0.15, -0.1) is 16.9 Å². The molecular formula is C19H18ClN7O6S2. The molecular weight excluding hydrogens is 522 g/mol. The summed E-state index contributed by atoms with van der Waals surface area (Å²) in [6.45, 7) is 0. The highest BCUT2D eigenvalue weighted by Gasteiger charge is 2.54. The van der Waals surface area contributed by atoms with Gasteiger partial charge in [-0.1, -0.05) is 34.6 Å². The van der Waals surface area contributed by atoms with E-state index >= 15 is 0 Å². The van der Waals surface area contributed by atoms with Crippen LogP contribution in [-0.4, -0.2) is 77.1 Å². The minimum Gasteiger partial charge on any atom is -0.508 e. The lowest BCUT2D eigenvalue weighted by atomic mass is 10.0. The molecule has 16 heteroatoms. The minimum atomic E-state index is -1.30. The molecule has 0 saturated carbocycles. The van der Waals surface area contributed by atoms with Gasteiger partial charge in [-0.3, -0.25) is 24.4 Å². The number of nitrogens with one attached hydrogen (secondary N) is 2. The minimum absolute atomic E-state index is 0.0679. The van der Waals surface area contributed by atoms with Gasteiger partial charge in [0.1, 0.15) is 33.9 Å². The first-order valence-corrected chi connectivity index (χ1v) is 12.3. The third kappa shape index (κ3) is 4.67. The molecule has 35 heavy (non-hydrogen) atoms. The molecule has 1 fully saturated rings. The Hall–Kier alpha value is -3.27. The average molecular weight is 540 g/mol. The summed E-state index contributed by atoms with van der Waals surface area (Å²) in [6.07, 6.45) is 0. The molecule has 1 aromatic heterocycles. The molecule has 184 valence electrons. The SMILES string of the molecule is NC(=O)c1nn[nH]c1SCC1=C(C(=O)O)N2C(=O)C(NC(=O)C(N)c3ccc(O)cc3Cl)[C@@H]2SC1. The second-order valence-electron chi connectivity index (χ2n) is 7.48. The molecule has 3 heterocycles. The van der Waals surface area contributed by atoms with Crippen molar-refractivity contribution in [2.24, 2.45) is 11.5 Å². The summed E-state index contributed by atoms with van der Waals surface area (Å²) < 4.78 is 0. The Balaban J connectivity index is 1.47. The van der Waals surface area contributed by atoms with Crippen molar-refractivity contribution in [1.29, 1.82) is 0 Å². The molecule has 1 saturated heterocycles. The molecule has 0 bridgehead atoms. The number of nitrogens with zero attached hydrogens (tertiary/aromatic N) is 3. The second-order valence-corrected chi connectivity index (χ2v) is 9.98. The Morgan fingerprint density at radius 3 is 2.80 bits per heavy atom. The van der Waals surface area contributed by atoms with Crippen molar-refractivity contribution >= 4 is 58.8 Å². The number of fused-ring (bicyclic) bond motifs is 1. The highest BCUT2D eigenvalue weighted by atomic mass is 35.5. The van der Waals surface area contributed by atoms with Crippen LogP contribution in [0.2, 0.25) is 5.02 Å². The maximum absolute atomic E-state index is 12.8. The van der Waals surface area contributed by atoms with E-state index < -0.39 is 41.1 Å². The molecule has 0 radical (unpaired) electrons. The van der Waals surface area contributed by atoms with Crippen LogP contribution < -0.4 is 16.8 Å². The number of nitrogens with two attached hydrogens (primary N) is 2. The number of hydrogen-bond acceptors (Lipinski definition) is 10. The van der Waals surface area contributed by atoms with Crippen molar-refractivity contribution in [2.75, 3.05) is 11.5 Å². The van der Waals surface area contributed by atoms with E-state index in [-0.39, 0.29) is 44.3 Å². The van der Waals surface area contributed by atoms with Crippen molar-refractivity contribution in [3.05, 3.63) is 45.7 Å². The van der Waals surface area contributed by atoms with Gasteiger partial charge in [0.15, 0.2) is 5.69 Å². The van der Waals surface area contributed by atoms with Crippen LogP contribution in [0.25, 0.3) is 0 Å². The Bertz CT molecular complexity index is 1270. The zero-order chi connectivity index (χ0) is 25.4. The van der Waals surface area contributed by atoms with Gasteiger partial charge in [0.2, 0.25) is 5.91 Å². The first-order valence-electron chi connectivity index (χ1n) is 9.88. The number of carboxylic acid groups (broad SMARTS) is 1. The van der Waals surface area contributed by atoms with Gasteiger partial charge in [0.05, 0.1) is 0 Å². The number of primary amides is 1. The van der Waals surface area contributed by atoms with Gasteiger partial charge in [0.25, 0.3) is 11.8 Å². The molecule has 3 atom stereocenters. The third-order valence-corrected chi connectivity index (χ3v) is 8.02. The molecule has 8 N–H and O–H groups in total. The van der Waals surface area contributed by atoms with Crippen LogP contribution >= 0.6 is 35.1 Å². The molecule has 4 rings (SSSR count). The number of aliphatic carboxylic acids is 1. The number of benzene rings is 1. The number of β-lactam (4-membered cyclic amide) rings is 1. The van der Waals surface area contributed by atoms with E-state index in [0.29, 0.717) is 5.57 Å². The Kier molecular flexibility index (Phi) is 6.93. The number of H-pyrrole nitrogens is 1. The molecule has 3 amide bonds.